The Bertz CT molecular complexity index is 865. The normalized spacial score (nSPS) is 16.6. The summed E-state index contributed by atoms with van der Waals surface area (Å²) in [4.78, 5) is 12.6. The van der Waals surface area contributed by atoms with Crippen molar-refractivity contribution in [2.75, 3.05) is 0 Å². The molecule has 0 saturated carbocycles. The van der Waals surface area contributed by atoms with Crippen molar-refractivity contribution in [1.29, 1.82) is 0 Å². The number of benzene rings is 1. The first-order chi connectivity index (χ1) is 11.7. The Morgan fingerprint density at radius 3 is 2.92 bits per heavy atom. The predicted octanol–water partition coefficient (Wildman–Crippen LogP) is 2.03. The van der Waals surface area contributed by atoms with E-state index in [9.17, 15) is 4.79 Å². The summed E-state index contributed by atoms with van der Waals surface area (Å²) in [6.45, 7) is 0.841. The second-order valence-electron chi connectivity index (χ2n) is 6.11. The lowest BCUT2D eigenvalue weighted by molar-refractivity contribution is 0.0920. The van der Waals surface area contributed by atoms with Gasteiger partial charge in [-0.1, -0.05) is 30.3 Å². The Morgan fingerprint density at radius 1 is 1.25 bits per heavy atom. The highest BCUT2D eigenvalue weighted by Crippen LogP contribution is 2.19. The van der Waals surface area contributed by atoms with Gasteiger partial charge in [0.05, 0.1) is 5.69 Å². The minimum Gasteiger partial charge on any atom is -0.348 e. The van der Waals surface area contributed by atoms with E-state index in [0.29, 0.717) is 5.69 Å². The van der Waals surface area contributed by atoms with Gasteiger partial charge in [0, 0.05) is 43.5 Å². The zero-order valence-electron chi connectivity index (χ0n) is 13.5. The Morgan fingerprint density at radius 2 is 2.08 bits per heavy atom. The summed E-state index contributed by atoms with van der Waals surface area (Å²) in [7, 11) is 1.80. The highest BCUT2D eigenvalue weighted by molar-refractivity contribution is 5.93. The highest BCUT2D eigenvalue weighted by atomic mass is 16.2. The molecule has 3 heterocycles. The number of fused-ring (bicyclic) bond motifs is 1. The van der Waals surface area contributed by atoms with Crippen LogP contribution < -0.4 is 5.32 Å². The first kappa shape index (κ1) is 14.7. The lowest BCUT2D eigenvalue weighted by atomic mass is 10.0. The van der Waals surface area contributed by atoms with Gasteiger partial charge in [-0.25, -0.2) is 0 Å². The van der Waals surface area contributed by atoms with Gasteiger partial charge < -0.3 is 5.32 Å². The fourth-order valence-electron chi connectivity index (χ4n) is 3.18. The van der Waals surface area contributed by atoms with Gasteiger partial charge in [-0.3, -0.25) is 14.2 Å². The highest BCUT2D eigenvalue weighted by Gasteiger charge is 2.22. The maximum Gasteiger partial charge on any atom is 0.269 e. The number of hydrogen-bond acceptors (Lipinski definition) is 3. The van der Waals surface area contributed by atoms with Crippen molar-refractivity contribution < 1.29 is 4.79 Å². The van der Waals surface area contributed by atoms with Gasteiger partial charge >= 0.3 is 0 Å². The fraction of sp³-hybridized carbons (Fsp3) is 0.278. The monoisotopic (exact) mass is 321 g/mol. The van der Waals surface area contributed by atoms with Crippen molar-refractivity contribution in [3.05, 3.63) is 60.0 Å². The van der Waals surface area contributed by atoms with Crippen LogP contribution in [-0.2, 0) is 20.0 Å². The van der Waals surface area contributed by atoms with E-state index in [2.05, 4.69) is 15.5 Å². The third kappa shape index (κ3) is 2.71. The van der Waals surface area contributed by atoms with E-state index >= 15 is 0 Å². The number of nitrogens with zero attached hydrogens (tertiary/aromatic N) is 4. The molecule has 4 rings (SSSR count). The van der Waals surface area contributed by atoms with E-state index in [-0.39, 0.29) is 11.9 Å². The summed E-state index contributed by atoms with van der Waals surface area (Å²) in [5.41, 5.74) is 3.56. The smallest absolute Gasteiger partial charge is 0.269 e. The average molecular weight is 321 g/mol. The molecule has 1 aliphatic heterocycles. The van der Waals surface area contributed by atoms with Gasteiger partial charge in [-0.15, -0.1) is 0 Å². The van der Waals surface area contributed by atoms with Crippen LogP contribution >= 0.6 is 0 Å². The summed E-state index contributed by atoms with van der Waals surface area (Å²) in [6, 6.07) is 13.9. The molecule has 2 aromatic heterocycles. The van der Waals surface area contributed by atoms with Crippen LogP contribution in [0, 0.1) is 0 Å². The summed E-state index contributed by atoms with van der Waals surface area (Å²) < 4.78 is 3.64. The summed E-state index contributed by atoms with van der Waals surface area (Å²) in [5, 5.41) is 11.9. The van der Waals surface area contributed by atoms with Gasteiger partial charge in [0.15, 0.2) is 0 Å². The first-order valence-electron chi connectivity index (χ1n) is 8.12. The molecule has 0 bridgehead atoms. The molecule has 0 radical (unpaired) electrons. The molecule has 6 heteroatoms. The molecule has 0 fully saturated rings. The van der Waals surface area contributed by atoms with Crippen molar-refractivity contribution in [3.8, 4) is 11.3 Å². The van der Waals surface area contributed by atoms with Crippen LogP contribution in [0.15, 0.2) is 48.7 Å². The molecule has 3 aromatic rings. The van der Waals surface area contributed by atoms with Gasteiger partial charge in [0.2, 0.25) is 0 Å². The number of nitrogens with one attached hydrogen (secondary N) is 1. The lowest BCUT2D eigenvalue weighted by Gasteiger charge is -2.24. The number of carbonyl (C=O) groups is 1. The SMILES string of the molecule is Cn1nc(-c2ccccc2)cc1C(=O)NC1CCn2nccc2C1. The molecule has 24 heavy (non-hydrogen) atoms. The number of aromatic nitrogens is 4. The first-order valence-corrected chi connectivity index (χ1v) is 8.12. The van der Waals surface area contributed by atoms with Gasteiger partial charge in [-0.05, 0) is 18.6 Å². The van der Waals surface area contributed by atoms with Crippen LogP contribution in [0.3, 0.4) is 0 Å². The van der Waals surface area contributed by atoms with E-state index in [1.165, 1.54) is 5.69 Å². The van der Waals surface area contributed by atoms with Gasteiger partial charge in [0.1, 0.15) is 5.69 Å². The Kier molecular flexibility index (Phi) is 3.65. The molecular weight excluding hydrogens is 302 g/mol. The number of hydrogen-bond donors (Lipinski definition) is 1. The number of carbonyl (C=O) groups excluding carboxylic acids is 1. The summed E-state index contributed by atoms with van der Waals surface area (Å²) in [6.07, 6.45) is 3.52. The van der Waals surface area contributed by atoms with Crippen LogP contribution in [0.5, 0.6) is 0 Å². The fourth-order valence-corrected chi connectivity index (χ4v) is 3.18. The second-order valence-corrected chi connectivity index (χ2v) is 6.11. The standard InChI is InChI=1S/C18H19N5O/c1-22-17(12-16(21-22)13-5-3-2-4-6-13)18(24)20-14-8-10-23-15(11-14)7-9-19-23/h2-7,9,12,14H,8,10-11H2,1H3,(H,20,24). The molecule has 122 valence electrons. The molecule has 0 spiro atoms. The molecule has 6 nitrogen and oxygen atoms in total. The van der Waals surface area contributed by atoms with Crippen LogP contribution in [0.1, 0.15) is 22.6 Å². The van der Waals surface area contributed by atoms with Crippen LogP contribution in [-0.4, -0.2) is 31.5 Å². The number of rotatable bonds is 3. The topological polar surface area (TPSA) is 64.7 Å². The number of amides is 1. The Labute approximate surface area is 140 Å². The van der Waals surface area contributed by atoms with Crippen LogP contribution in [0.2, 0.25) is 0 Å². The minimum atomic E-state index is -0.0786. The van der Waals surface area contributed by atoms with Crippen LogP contribution in [0.25, 0.3) is 11.3 Å². The maximum atomic E-state index is 12.6. The van der Waals surface area contributed by atoms with E-state index in [1.807, 2.05) is 53.3 Å². The summed E-state index contributed by atoms with van der Waals surface area (Å²) in [5.74, 6) is -0.0786. The predicted molar refractivity (Wildman–Crippen MR) is 90.4 cm³/mol. The Balaban J connectivity index is 1.50. The van der Waals surface area contributed by atoms with Crippen LogP contribution in [0.4, 0.5) is 0 Å². The van der Waals surface area contributed by atoms with Gasteiger partial charge in [-0.2, -0.15) is 10.2 Å². The molecule has 1 atom stereocenters. The van der Waals surface area contributed by atoms with Crippen molar-refractivity contribution in [2.24, 2.45) is 7.05 Å². The van der Waals surface area contributed by atoms with Crippen molar-refractivity contribution in [1.82, 2.24) is 24.9 Å². The molecular formula is C18H19N5O. The zero-order valence-corrected chi connectivity index (χ0v) is 13.5. The molecule has 1 aromatic carbocycles. The maximum absolute atomic E-state index is 12.6. The van der Waals surface area contributed by atoms with Crippen molar-refractivity contribution in [3.63, 3.8) is 0 Å². The van der Waals surface area contributed by atoms with Crippen molar-refractivity contribution >= 4 is 5.91 Å². The molecule has 1 amide bonds. The molecule has 1 unspecified atom stereocenters. The van der Waals surface area contributed by atoms with E-state index in [4.69, 9.17) is 0 Å². The molecule has 1 aliphatic rings. The quantitative estimate of drug-likeness (QED) is 0.803. The lowest BCUT2D eigenvalue weighted by Crippen LogP contribution is -2.40. The molecule has 0 saturated heterocycles. The second kappa shape index (κ2) is 5.96. The molecule has 1 N–H and O–H groups in total. The summed E-state index contributed by atoms with van der Waals surface area (Å²) >= 11 is 0. The van der Waals surface area contributed by atoms with Crippen molar-refractivity contribution in [2.45, 2.75) is 25.4 Å². The number of aryl methyl sites for hydroxylation is 2. The van der Waals surface area contributed by atoms with E-state index < -0.39 is 0 Å². The van der Waals surface area contributed by atoms with E-state index in [0.717, 1.165) is 30.6 Å². The third-order valence-corrected chi connectivity index (χ3v) is 4.47. The van der Waals surface area contributed by atoms with Gasteiger partial charge in [0.25, 0.3) is 5.91 Å². The Hall–Kier alpha value is -2.89. The zero-order chi connectivity index (χ0) is 16.5. The minimum absolute atomic E-state index is 0.0786. The van der Waals surface area contributed by atoms with E-state index in [1.54, 1.807) is 11.7 Å². The third-order valence-electron chi connectivity index (χ3n) is 4.47. The largest absolute Gasteiger partial charge is 0.348 e. The average Bonchev–Trinajstić information content (AvgIpc) is 3.21. The molecule has 0 aliphatic carbocycles.